The number of aryl methyl sites for hydroxylation is 2. The third-order valence-electron chi connectivity index (χ3n) is 2.96. The van der Waals surface area contributed by atoms with Gasteiger partial charge in [-0.25, -0.2) is 17.2 Å². The number of aromatic nitrogens is 1. The first-order valence-corrected chi connectivity index (χ1v) is 7.57. The predicted octanol–water partition coefficient (Wildman–Crippen LogP) is 1.63. The second-order valence-electron chi connectivity index (χ2n) is 4.48. The quantitative estimate of drug-likeness (QED) is 0.478. The molecule has 1 heterocycles. The van der Waals surface area contributed by atoms with Crippen LogP contribution in [0, 0.1) is 18.6 Å². The Morgan fingerprint density at radius 3 is 2.55 bits per heavy atom. The van der Waals surface area contributed by atoms with E-state index in [1.807, 2.05) is 0 Å². The van der Waals surface area contributed by atoms with Crippen LogP contribution < -0.4 is 4.57 Å². The molecule has 0 amide bonds. The topological polar surface area (TPSA) is 74.2 Å². The first-order chi connectivity index (χ1) is 9.28. The lowest BCUT2D eigenvalue weighted by molar-refractivity contribution is -0.683. The molecule has 5 nitrogen and oxygen atoms in total. The van der Waals surface area contributed by atoms with Crippen LogP contribution >= 0.6 is 0 Å². The van der Waals surface area contributed by atoms with E-state index >= 15 is 0 Å². The number of hydrogen-bond donors (Lipinski definition) is 0. The molecule has 0 saturated heterocycles. The summed E-state index contributed by atoms with van der Waals surface area (Å²) in [7, 11) is -4.22. The molecule has 1 aromatic heterocycles. The maximum absolute atomic E-state index is 13.2. The number of nitrogens with zero attached hydrogens (tertiary/aromatic N) is 1. The lowest BCUT2D eigenvalue weighted by atomic mass is 10.3. The number of rotatable bonds is 5. The maximum Gasteiger partial charge on any atom is 0.344 e. The van der Waals surface area contributed by atoms with Crippen molar-refractivity contribution in [3.8, 4) is 0 Å². The summed E-state index contributed by atoms with van der Waals surface area (Å²) in [6.07, 6.45) is 0.620. The van der Waals surface area contributed by atoms with Gasteiger partial charge in [-0.2, -0.15) is 4.57 Å². The fourth-order valence-corrected chi connectivity index (χ4v) is 2.58. The normalized spacial score (nSPS) is 12.2. The van der Waals surface area contributed by atoms with Gasteiger partial charge in [0.2, 0.25) is 5.58 Å². The summed E-state index contributed by atoms with van der Waals surface area (Å²) in [5, 5.41) is 0. The molecule has 0 radical (unpaired) electrons. The Morgan fingerprint density at radius 1 is 1.25 bits per heavy atom. The van der Waals surface area contributed by atoms with Crippen LogP contribution in [0.2, 0.25) is 0 Å². The second-order valence-corrected chi connectivity index (χ2v) is 6.00. The fourth-order valence-electron chi connectivity index (χ4n) is 2.02. The Balaban J connectivity index is 2.17. The molecule has 0 atom stereocenters. The van der Waals surface area contributed by atoms with Gasteiger partial charge >= 0.3 is 5.89 Å². The predicted molar refractivity (Wildman–Crippen MR) is 64.9 cm³/mol. The van der Waals surface area contributed by atoms with E-state index in [2.05, 4.69) is 0 Å². The number of unbranched alkanes of at least 4 members (excludes halogenated alkanes) is 1. The van der Waals surface area contributed by atoms with Crippen molar-refractivity contribution in [2.45, 2.75) is 26.3 Å². The zero-order valence-corrected chi connectivity index (χ0v) is 11.5. The van der Waals surface area contributed by atoms with E-state index in [9.17, 15) is 21.8 Å². The van der Waals surface area contributed by atoms with Gasteiger partial charge in [-0.15, -0.1) is 0 Å². The third-order valence-corrected chi connectivity index (χ3v) is 3.75. The average molecular weight is 305 g/mol. The Morgan fingerprint density at radius 2 is 1.90 bits per heavy atom. The van der Waals surface area contributed by atoms with Gasteiger partial charge in [0.1, 0.15) is 0 Å². The molecule has 0 bridgehead atoms. The molecule has 0 spiro atoms. The van der Waals surface area contributed by atoms with Gasteiger partial charge in [0, 0.05) is 18.2 Å². The third kappa shape index (κ3) is 3.31. The second kappa shape index (κ2) is 5.45. The highest BCUT2D eigenvalue weighted by atomic mass is 32.2. The molecule has 0 fully saturated rings. The molecule has 0 saturated carbocycles. The first kappa shape index (κ1) is 14.9. The zero-order valence-electron chi connectivity index (χ0n) is 10.7. The monoisotopic (exact) mass is 305 g/mol. The van der Waals surface area contributed by atoms with Gasteiger partial charge in [-0.3, -0.25) is 0 Å². The van der Waals surface area contributed by atoms with Crippen molar-refractivity contribution in [1.29, 1.82) is 0 Å². The Kier molecular flexibility index (Phi) is 4.05. The molecule has 0 aliphatic carbocycles. The van der Waals surface area contributed by atoms with Crippen molar-refractivity contribution in [2.75, 3.05) is 5.75 Å². The van der Waals surface area contributed by atoms with E-state index in [-0.39, 0.29) is 12.0 Å². The van der Waals surface area contributed by atoms with Crippen molar-refractivity contribution < 1.29 is 30.7 Å². The van der Waals surface area contributed by atoms with Crippen molar-refractivity contribution in [1.82, 2.24) is 0 Å². The van der Waals surface area contributed by atoms with Crippen molar-refractivity contribution in [3.63, 3.8) is 0 Å². The highest BCUT2D eigenvalue weighted by Crippen LogP contribution is 2.18. The van der Waals surface area contributed by atoms with Gasteiger partial charge in [0.15, 0.2) is 18.2 Å². The van der Waals surface area contributed by atoms with Crippen LogP contribution in [0.15, 0.2) is 16.5 Å². The summed E-state index contributed by atoms with van der Waals surface area (Å²) in [5.74, 6) is -1.95. The van der Waals surface area contributed by atoms with Crippen molar-refractivity contribution in [3.05, 3.63) is 29.7 Å². The van der Waals surface area contributed by atoms with Gasteiger partial charge in [-0.05, 0) is 6.42 Å². The van der Waals surface area contributed by atoms with E-state index in [1.54, 1.807) is 11.5 Å². The summed E-state index contributed by atoms with van der Waals surface area (Å²) < 4.78 is 64.7. The molecule has 0 aliphatic heterocycles. The molecule has 110 valence electrons. The fraction of sp³-hybridized carbons (Fsp3) is 0.417. The van der Waals surface area contributed by atoms with Gasteiger partial charge in [0.25, 0.3) is 5.52 Å². The molecular formula is C12H13F2NO4S. The van der Waals surface area contributed by atoms with Crippen LogP contribution in [0.1, 0.15) is 18.7 Å². The molecular weight excluding hydrogens is 292 g/mol. The van der Waals surface area contributed by atoms with Crippen LogP contribution in [-0.4, -0.2) is 18.7 Å². The van der Waals surface area contributed by atoms with Gasteiger partial charge < -0.3 is 8.97 Å². The summed E-state index contributed by atoms with van der Waals surface area (Å²) in [6, 6.07) is 2.00. The van der Waals surface area contributed by atoms with E-state index in [1.165, 1.54) is 0 Å². The first-order valence-electron chi connectivity index (χ1n) is 5.99. The van der Waals surface area contributed by atoms with Crippen molar-refractivity contribution >= 4 is 21.2 Å². The van der Waals surface area contributed by atoms with E-state index in [0.717, 1.165) is 12.1 Å². The molecule has 1 aromatic carbocycles. The number of halogens is 2. The molecule has 2 aromatic rings. The summed E-state index contributed by atoms with van der Waals surface area (Å²) in [6.45, 7) is 2.00. The van der Waals surface area contributed by atoms with Crippen molar-refractivity contribution in [2.24, 2.45) is 0 Å². The number of hydrogen-bond acceptors (Lipinski definition) is 4. The summed E-state index contributed by atoms with van der Waals surface area (Å²) >= 11 is 0. The molecule has 0 aliphatic rings. The number of benzene rings is 1. The highest BCUT2D eigenvalue weighted by molar-refractivity contribution is 7.85. The average Bonchev–Trinajstić information content (AvgIpc) is 2.60. The lowest BCUT2D eigenvalue weighted by Crippen LogP contribution is -2.35. The van der Waals surface area contributed by atoms with Gasteiger partial charge in [-0.1, -0.05) is 0 Å². The smallest absolute Gasteiger partial charge is 0.344 e. The van der Waals surface area contributed by atoms with Crippen LogP contribution in [0.4, 0.5) is 8.78 Å². The minimum absolute atomic E-state index is 0.203. The molecule has 8 heteroatoms. The molecule has 2 rings (SSSR count). The lowest BCUT2D eigenvalue weighted by Gasteiger charge is -2.04. The Hall–Kier alpha value is -1.54. The number of oxazole rings is 1. The molecule has 0 N–H and O–H groups in total. The van der Waals surface area contributed by atoms with Crippen LogP contribution in [0.5, 0.6) is 0 Å². The van der Waals surface area contributed by atoms with Crippen LogP contribution in [0.25, 0.3) is 11.1 Å². The molecule has 20 heavy (non-hydrogen) atoms. The van der Waals surface area contributed by atoms with Crippen LogP contribution in [-0.2, 0) is 16.7 Å². The standard InChI is InChI=1S/C12H13F2NO4S/c1-8-15(4-2-3-5-20(16,17)18)11-6-9(13)10(14)7-12(11)19-8/h6-7H,2-5H2,1H3. The summed E-state index contributed by atoms with van der Waals surface area (Å²) in [4.78, 5) is 0. The maximum atomic E-state index is 13.2. The van der Waals surface area contributed by atoms with Crippen LogP contribution in [0.3, 0.4) is 0 Å². The van der Waals surface area contributed by atoms with E-state index < -0.39 is 27.5 Å². The zero-order chi connectivity index (χ0) is 14.9. The SMILES string of the molecule is Cc1oc2cc(F)c(F)cc2[n+]1CCCCS(=O)(=O)[O-]. The Labute approximate surface area is 114 Å². The minimum atomic E-state index is -4.22. The molecule has 0 unspecified atom stereocenters. The largest absolute Gasteiger partial charge is 0.748 e. The summed E-state index contributed by atoms with van der Waals surface area (Å²) in [5.41, 5.74) is 0.615. The number of fused-ring (bicyclic) bond motifs is 1. The van der Waals surface area contributed by atoms with E-state index in [4.69, 9.17) is 4.42 Å². The highest BCUT2D eigenvalue weighted by Gasteiger charge is 2.21. The minimum Gasteiger partial charge on any atom is -0.748 e. The Bertz CT molecular complexity index is 739. The van der Waals surface area contributed by atoms with E-state index in [0.29, 0.717) is 24.4 Å². The van der Waals surface area contributed by atoms with Gasteiger partial charge in [0.05, 0.1) is 23.1 Å².